The van der Waals surface area contributed by atoms with Gasteiger partial charge in [-0.15, -0.1) is 0 Å². The lowest BCUT2D eigenvalue weighted by Crippen LogP contribution is -2.19. The van der Waals surface area contributed by atoms with Gasteiger partial charge in [0.25, 0.3) is 0 Å². The van der Waals surface area contributed by atoms with Crippen LogP contribution in [0.3, 0.4) is 0 Å². The molecule has 0 aliphatic carbocycles. The van der Waals surface area contributed by atoms with Crippen LogP contribution in [0.2, 0.25) is 6.82 Å². The Labute approximate surface area is 180 Å². The highest BCUT2D eigenvalue weighted by atomic mass is 16.6. The van der Waals surface area contributed by atoms with Crippen LogP contribution in [0, 0.1) is 6.92 Å². The van der Waals surface area contributed by atoms with Crippen molar-refractivity contribution in [3.05, 3.63) is 94.5 Å². The van der Waals surface area contributed by atoms with Crippen LogP contribution in [-0.2, 0) is 22.7 Å². The van der Waals surface area contributed by atoms with Crippen LogP contribution in [0.1, 0.15) is 37.4 Å². The summed E-state index contributed by atoms with van der Waals surface area (Å²) in [6.45, 7) is 3.65. The van der Waals surface area contributed by atoms with E-state index in [2.05, 4.69) is 0 Å². The van der Waals surface area contributed by atoms with E-state index in [1.54, 1.807) is 19.8 Å². The fraction of sp³-hybridized carbons (Fsp3) is 0.167. The van der Waals surface area contributed by atoms with Crippen LogP contribution >= 0.6 is 0 Å². The predicted octanol–water partition coefficient (Wildman–Crippen LogP) is 4.60. The van der Waals surface area contributed by atoms with E-state index < -0.39 is 19.1 Å². The van der Waals surface area contributed by atoms with Crippen molar-refractivity contribution in [3.8, 4) is 11.5 Å². The topological polar surface area (TPSA) is 71.1 Å². The lowest BCUT2D eigenvalue weighted by Gasteiger charge is -2.14. The fourth-order valence-electron chi connectivity index (χ4n) is 3.34. The van der Waals surface area contributed by atoms with Gasteiger partial charge < -0.3 is 18.8 Å². The summed E-state index contributed by atoms with van der Waals surface area (Å²) in [5, 5.41) is 0. The van der Waals surface area contributed by atoms with Crippen molar-refractivity contribution in [2.24, 2.45) is 0 Å². The molecule has 0 saturated carbocycles. The van der Waals surface area contributed by atoms with Crippen LogP contribution in [0.5, 0.6) is 11.5 Å². The number of rotatable bonds is 6. The summed E-state index contributed by atoms with van der Waals surface area (Å²) in [4.78, 5) is 26.0. The molecule has 0 radical (unpaired) electrons. The number of carbonyl (C=O) groups excluding carboxylic acids is 2. The summed E-state index contributed by atoms with van der Waals surface area (Å²) < 4.78 is 22.3. The Morgan fingerprint density at radius 1 is 0.806 bits per heavy atom. The van der Waals surface area contributed by atoms with Gasteiger partial charge in [-0.05, 0) is 36.5 Å². The van der Waals surface area contributed by atoms with Gasteiger partial charge in [0.15, 0.2) is 5.75 Å². The van der Waals surface area contributed by atoms with Gasteiger partial charge in [-0.2, -0.15) is 0 Å². The second-order valence-electron chi connectivity index (χ2n) is 7.20. The average molecular weight is 416 g/mol. The van der Waals surface area contributed by atoms with Crippen LogP contribution in [0.15, 0.2) is 66.7 Å². The minimum absolute atomic E-state index is 0.0129. The van der Waals surface area contributed by atoms with Gasteiger partial charge in [0, 0.05) is 0 Å². The third-order valence-electron chi connectivity index (χ3n) is 4.84. The van der Waals surface area contributed by atoms with Crippen molar-refractivity contribution < 1.29 is 28.4 Å². The number of benzene rings is 3. The second kappa shape index (κ2) is 8.96. The third-order valence-corrected chi connectivity index (χ3v) is 4.84. The van der Waals surface area contributed by atoms with E-state index in [0.717, 1.165) is 11.1 Å². The maximum Gasteiger partial charge on any atom is 0.591 e. The maximum absolute atomic E-state index is 13.0. The normalized spacial score (nSPS) is 11.9. The van der Waals surface area contributed by atoms with Gasteiger partial charge in [-0.25, -0.2) is 9.59 Å². The highest BCUT2D eigenvalue weighted by Crippen LogP contribution is 2.42. The summed E-state index contributed by atoms with van der Waals surface area (Å²) in [6, 6.07) is 20.2. The Bertz CT molecular complexity index is 1100. The molecule has 0 aromatic heterocycles. The first kappa shape index (κ1) is 20.5. The Kier molecular flexibility index (Phi) is 5.93. The first-order valence-electron chi connectivity index (χ1n) is 9.96. The summed E-state index contributed by atoms with van der Waals surface area (Å²) in [5.41, 5.74) is 2.45. The average Bonchev–Trinajstić information content (AvgIpc) is 3.19. The number of hydrogen-bond acceptors (Lipinski definition) is 6. The number of fused-ring (bicyclic) bond motifs is 1. The zero-order valence-corrected chi connectivity index (χ0v) is 17.3. The van der Waals surface area contributed by atoms with Crippen LogP contribution < -0.4 is 9.31 Å². The van der Waals surface area contributed by atoms with E-state index in [9.17, 15) is 9.59 Å². The molecule has 31 heavy (non-hydrogen) atoms. The molecule has 1 heterocycles. The molecule has 4 rings (SSSR count). The molecule has 7 heteroatoms. The SMILES string of the molecule is CB1Oc2c(C)cc(C(=O)OCc3ccccc3)c(C(=O)OCc3ccccc3)c2O1. The van der Waals surface area contributed by atoms with Gasteiger partial charge in [0.2, 0.25) is 0 Å². The monoisotopic (exact) mass is 416 g/mol. The summed E-state index contributed by atoms with van der Waals surface area (Å²) >= 11 is 0. The van der Waals surface area contributed by atoms with Crippen molar-refractivity contribution in [1.82, 2.24) is 0 Å². The van der Waals surface area contributed by atoms with E-state index in [-0.39, 0.29) is 30.1 Å². The van der Waals surface area contributed by atoms with Crippen LogP contribution in [0.4, 0.5) is 0 Å². The second-order valence-corrected chi connectivity index (χ2v) is 7.20. The minimum Gasteiger partial charge on any atom is -0.523 e. The molecule has 0 N–H and O–H groups in total. The van der Waals surface area contributed by atoms with Crippen molar-refractivity contribution in [1.29, 1.82) is 0 Å². The smallest absolute Gasteiger partial charge is 0.523 e. The highest BCUT2D eigenvalue weighted by Gasteiger charge is 2.36. The minimum atomic E-state index is -0.676. The lowest BCUT2D eigenvalue weighted by atomic mass is 9.97. The molecule has 0 unspecified atom stereocenters. The first-order valence-corrected chi connectivity index (χ1v) is 9.96. The van der Waals surface area contributed by atoms with E-state index in [1.807, 2.05) is 60.7 Å². The molecule has 1 aliphatic rings. The van der Waals surface area contributed by atoms with E-state index in [1.165, 1.54) is 0 Å². The van der Waals surface area contributed by atoms with Gasteiger partial charge in [-0.1, -0.05) is 60.7 Å². The Morgan fingerprint density at radius 2 is 1.32 bits per heavy atom. The fourth-order valence-corrected chi connectivity index (χ4v) is 3.34. The summed E-state index contributed by atoms with van der Waals surface area (Å²) in [7, 11) is -0.579. The molecular weight excluding hydrogens is 395 g/mol. The number of esters is 2. The quantitative estimate of drug-likeness (QED) is 0.432. The first-order chi connectivity index (χ1) is 15.0. The number of hydrogen-bond donors (Lipinski definition) is 0. The predicted molar refractivity (Wildman–Crippen MR) is 115 cm³/mol. The van der Waals surface area contributed by atoms with Gasteiger partial charge in [0.05, 0.1) is 5.56 Å². The molecule has 6 nitrogen and oxygen atoms in total. The largest absolute Gasteiger partial charge is 0.591 e. The molecule has 156 valence electrons. The summed E-state index contributed by atoms with van der Waals surface area (Å²) in [6.07, 6.45) is 0. The van der Waals surface area contributed by atoms with Crippen LogP contribution in [0.25, 0.3) is 0 Å². The Balaban J connectivity index is 1.62. The Hall–Kier alpha value is -3.74. The molecule has 0 spiro atoms. The van der Waals surface area contributed by atoms with Crippen molar-refractivity contribution in [2.75, 3.05) is 0 Å². The highest BCUT2D eigenvalue weighted by molar-refractivity contribution is 6.46. The molecule has 3 aromatic carbocycles. The molecule has 0 bridgehead atoms. The maximum atomic E-state index is 13.0. The lowest BCUT2D eigenvalue weighted by molar-refractivity contribution is 0.0423. The van der Waals surface area contributed by atoms with Gasteiger partial charge in [-0.3, -0.25) is 0 Å². The third kappa shape index (κ3) is 4.56. The molecule has 0 saturated heterocycles. The number of carbonyl (C=O) groups is 2. The van der Waals surface area contributed by atoms with E-state index in [4.69, 9.17) is 18.8 Å². The Morgan fingerprint density at radius 3 is 1.90 bits per heavy atom. The molecule has 0 fully saturated rings. The molecule has 0 amide bonds. The van der Waals surface area contributed by atoms with Crippen LogP contribution in [-0.4, -0.2) is 19.1 Å². The van der Waals surface area contributed by atoms with E-state index in [0.29, 0.717) is 11.3 Å². The zero-order valence-electron chi connectivity index (χ0n) is 17.3. The molecular formula is C24H21BO6. The van der Waals surface area contributed by atoms with Crippen molar-refractivity contribution in [3.63, 3.8) is 0 Å². The van der Waals surface area contributed by atoms with Crippen molar-refractivity contribution >= 4 is 19.1 Å². The zero-order chi connectivity index (χ0) is 21.8. The van der Waals surface area contributed by atoms with E-state index >= 15 is 0 Å². The number of aryl methyl sites for hydroxylation is 1. The molecule has 0 atom stereocenters. The molecule has 3 aromatic rings. The standard InChI is InChI=1S/C24H21BO6/c1-16-13-19(23(26)28-14-17-9-5-3-6-10-17)20(22-21(16)30-25(2)31-22)24(27)29-15-18-11-7-4-8-12-18/h3-13H,14-15H2,1-2H3. The van der Waals surface area contributed by atoms with Gasteiger partial charge >= 0.3 is 19.1 Å². The molecule has 1 aliphatic heterocycles. The summed E-state index contributed by atoms with van der Waals surface area (Å²) in [5.74, 6) is -0.676. The number of ether oxygens (including phenoxy) is 2. The van der Waals surface area contributed by atoms with Gasteiger partial charge in [0.1, 0.15) is 24.5 Å². The van der Waals surface area contributed by atoms with Crippen molar-refractivity contribution in [2.45, 2.75) is 27.0 Å².